The van der Waals surface area contributed by atoms with Crippen LogP contribution in [0.5, 0.6) is 0 Å². The zero-order chi connectivity index (χ0) is 5.58. The molecule has 6 heteroatoms. The van der Waals surface area contributed by atoms with Crippen LogP contribution < -0.4 is 69.3 Å². The van der Waals surface area contributed by atoms with E-state index < -0.39 is 6.16 Å². The van der Waals surface area contributed by atoms with Crippen molar-refractivity contribution in [3.05, 3.63) is 0 Å². The average molecular weight is 154 g/mol. The molecule has 0 rings (SSSR count). The van der Waals surface area contributed by atoms with E-state index in [2.05, 4.69) is 12.6 Å². The molecule has 0 aliphatic rings. The van der Waals surface area contributed by atoms with Crippen molar-refractivity contribution in [1.29, 1.82) is 0 Å². The second kappa shape index (κ2) is 23.4. The summed E-state index contributed by atoms with van der Waals surface area (Å²) in [5, 5.41) is 16.7. The van der Waals surface area contributed by atoms with Crippen LogP contribution in [-0.4, -0.2) is 12.4 Å². The van der Waals surface area contributed by atoms with Gasteiger partial charge in [0, 0.05) is 0 Å². The summed E-state index contributed by atoms with van der Waals surface area (Å²) < 4.78 is 0. The standard InChI is InChI=1S/CH2O3.CH4S.2Na/c2-1(3)4;1-2;;/h(H2,2,3,4);2H,1H3;;/q;;2*+1/p-2. The third-order valence-electron chi connectivity index (χ3n) is 0. The molecule has 0 aromatic rings. The Labute approximate surface area is 97.8 Å². The summed E-state index contributed by atoms with van der Waals surface area (Å²) in [6.07, 6.45) is -0.639. The van der Waals surface area contributed by atoms with Crippen molar-refractivity contribution in [2.24, 2.45) is 0 Å². The number of hydrogen-bond acceptors (Lipinski definition) is 4. The molecule has 0 atom stereocenters. The summed E-state index contributed by atoms with van der Waals surface area (Å²) in [4.78, 5) is 8.33. The van der Waals surface area contributed by atoms with Gasteiger partial charge in [-0.25, -0.2) is 0 Å². The molecular weight excluding hydrogens is 150 g/mol. The van der Waals surface area contributed by atoms with Crippen molar-refractivity contribution < 1.29 is 74.1 Å². The maximum absolute atomic E-state index is 8.33. The van der Waals surface area contributed by atoms with E-state index in [0.29, 0.717) is 0 Å². The number of carbonyl (C=O) groups excluding carboxylic acids is 1. The van der Waals surface area contributed by atoms with Gasteiger partial charge in [-0.3, -0.25) is 0 Å². The van der Waals surface area contributed by atoms with Crippen molar-refractivity contribution in [1.82, 2.24) is 0 Å². The number of rotatable bonds is 0. The number of carboxylic acid groups (broad SMARTS) is 2. The van der Waals surface area contributed by atoms with Gasteiger partial charge in [0.25, 0.3) is 0 Å². The van der Waals surface area contributed by atoms with Crippen LogP contribution >= 0.6 is 12.6 Å². The smallest absolute Gasteiger partial charge is 0.652 e. The van der Waals surface area contributed by atoms with Gasteiger partial charge in [-0.15, -0.1) is 0 Å². The Bertz CT molecular complexity index is 38.3. The molecule has 0 amide bonds. The van der Waals surface area contributed by atoms with E-state index in [0.717, 1.165) is 0 Å². The van der Waals surface area contributed by atoms with Gasteiger partial charge in [0.05, 0.1) is 0 Å². The van der Waals surface area contributed by atoms with E-state index in [-0.39, 0.29) is 59.1 Å². The maximum atomic E-state index is 8.33. The van der Waals surface area contributed by atoms with Crippen LogP contribution in [0.3, 0.4) is 0 Å². The van der Waals surface area contributed by atoms with Crippen LogP contribution in [0.2, 0.25) is 0 Å². The Morgan fingerprint density at radius 2 is 1.25 bits per heavy atom. The first-order valence-electron chi connectivity index (χ1n) is 1.06. The summed E-state index contributed by atoms with van der Waals surface area (Å²) in [5.74, 6) is 0. The number of carbonyl (C=O) groups is 1. The van der Waals surface area contributed by atoms with Crippen LogP contribution in [0.4, 0.5) is 4.79 Å². The van der Waals surface area contributed by atoms with E-state index in [9.17, 15) is 0 Å². The minimum Gasteiger partial charge on any atom is -0.652 e. The number of thiol groups is 1. The second-order valence-corrected chi connectivity index (χ2v) is 0.250. The van der Waals surface area contributed by atoms with E-state index in [1.807, 2.05) is 0 Å². The molecule has 0 bridgehead atoms. The molecular formula is C2H4Na2O3S. The molecule has 0 unspecified atom stereocenters. The summed E-state index contributed by atoms with van der Waals surface area (Å²) >= 11 is 3.53. The van der Waals surface area contributed by atoms with Gasteiger partial charge >= 0.3 is 59.1 Å². The van der Waals surface area contributed by atoms with Crippen molar-refractivity contribution in [2.75, 3.05) is 6.26 Å². The van der Waals surface area contributed by atoms with Crippen LogP contribution in [0, 0.1) is 0 Å². The molecule has 0 saturated heterocycles. The van der Waals surface area contributed by atoms with Gasteiger partial charge in [-0.1, -0.05) is 0 Å². The monoisotopic (exact) mass is 154 g/mol. The van der Waals surface area contributed by atoms with Crippen molar-refractivity contribution in [2.45, 2.75) is 0 Å². The Hall–Kier alpha value is 1.62. The second-order valence-electron chi connectivity index (χ2n) is 0.250. The summed E-state index contributed by atoms with van der Waals surface area (Å²) in [5.41, 5.74) is 0. The molecule has 0 fully saturated rings. The van der Waals surface area contributed by atoms with Crippen LogP contribution in [0.15, 0.2) is 0 Å². The topological polar surface area (TPSA) is 63.2 Å². The van der Waals surface area contributed by atoms with Crippen LogP contribution in [0.1, 0.15) is 0 Å². The molecule has 0 spiro atoms. The SMILES string of the molecule is CS.O=C([O-])[O-].[Na+].[Na+]. The first-order chi connectivity index (χ1) is 2.73. The molecule has 8 heavy (non-hydrogen) atoms. The zero-order valence-corrected chi connectivity index (χ0v) is 10.1. The van der Waals surface area contributed by atoms with Gasteiger partial charge in [0.1, 0.15) is 0 Å². The van der Waals surface area contributed by atoms with E-state index in [1.54, 1.807) is 6.26 Å². The fourth-order valence-corrected chi connectivity index (χ4v) is 0. The molecule has 0 heterocycles. The average Bonchev–Trinajstić information content (AvgIpc) is 1.41. The van der Waals surface area contributed by atoms with Gasteiger partial charge in [-0.05, 0) is 12.4 Å². The summed E-state index contributed by atoms with van der Waals surface area (Å²) in [6, 6.07) is 0. The largest absolute Gasteiger partial charge is 1.00 e. The predicted octanol–water partition coefficient (Wildman–Crippen LogP) is -7.89. The first-order valence-corrected chi connectivity index (χ1v) is 1.95. The fourth-order valence-electron chi connectivity index (χ4n) is 0. The third-order valence-corrected chi connectivity index (χ3v) is 0. The van der Waals surface area contributed by atoms with Crippen molar-refractivity contribution >= 4 is 18.8 Å². The molecule has 3 nitrogen and oxygen atoms in total. The van der Waals surface area contributed by atoms with Crippen molar-refractivity contribution in [3.8, 4) is 0 Å². The van der Waals surface area contributed by atoms with Gasteiger partial charge in [0.15, 0.2) is 0 Å². The van der Waals surface area contributed by atoms with Crippen molar-refractivity contribution in [3.63, 3.8) is 0 Å². The quantitative estimate of drug-likeness (QED) is 0.278. The molecule has 38 valence electrons. The normalized spacial score (nSPS) is 3.75. The third kappa shape index (κ3) is 127. The maximum Gasteiger partial charge on any atom is 1.00 e. The van der Waals surface area contributed by atoms with Crippen LogP contribution in [-0.2, 0) is 0 Å². The first kappa shape index (κ1) is 22.6. The summed E-state index contributed by atoms with van der Waals surface area (Å²) in [6.45, 7) is 0. The minimum absolute atomic E-state index is 0. The Kier molecular flexibility index (Phi) is 66.3. The van der Waals surface area contributed by atoms with Crippen LogP contribution in [0.25, 0.3) is 0 Å². The van der Waals surface area contributed by atoms with E-state index >= 15 is 0 Å². The van der Waals surface area contributed by atoms with E-state index in [1.165, 1.54) is 0 Å². The molecule has 0 saturated carbocycles. The zero-order valence-electron chi connectivity index (χ0n) is 5.17. The van der Waals surface area contributed by atoms with E-state index in [4.69, 9.17) is 15.0 Å². The minimum atomic E-state index is -2.33. The molecule has 0 aliphatic carbocycles. The van der Waals surface area contributed by atoms with Gasteiger partial charge in [0.2, 0.25) is 0 Å². The molecule has 0 N–H and O–H groups in total. The van der Waals surface area contributed by atoms with Gasteiger partial charge < -0.3 is 15.0 Å². The number of hydrogen-bond donors (Lipinski definition) is 1. The molecule has 0 aliphatic heterocycles. The summed E-state index contributed by atoms with van der Waals surface area (Å²) in [7, 11) is 0. The predicted molar refractivity (Wildman–Crippen MR) is 20.3 cm³/mol. The molecule has 0 aromatic carbocycles. The molecule has 0 aromatic heterocycles. The fraction of sp³-hybridized carbons (Fsp3) is 0.500. The Balaban J connectivity index is -0.0000000183. The Morgan fingerprint density at radius 3 is 1.25 bits per heavy atom. The molecule has 0 radical (unpaired) electrons. The van der Waals surface area contributed by atoms with Gasteiger partial charge in [-0.2, -0.15) is 12.6 Å². The Morgan fingerprint density at radius 1 is 1.25 bits per heavy atom.